The molecule has 10 heteroatoms. The van der Waals surface area contributed by atoms with Gasteiger partial charge in [0.1, 0.15) is 36.0 Å². The first kappa shape index (κ1) is 23.8. The van der Waals surface area contributed by atoms with Crippen LogP contribution in [0.4, 0.5) is 11.9 Å². The number of anilines is 2. The molecule has 2 aliphatic rings. The normalized spacial score (nSPS) is 20.0. The van der Waals surface area contributed by atoms with E-state index in [0.29, 0.717) is 0 Å². The Hall–Kier alpha value is -2.84. The van der Waals surface area contributed by atoms with Gasteiger partial charge >= 0.3 is 11.9 Å². The SMILES string of the molecule is Oc1cc(O)c(C2CCCN2c2nccc[nH+]2)cc1C1CCCN1c1nccc[nH+]1.[Cl-].[Cl-]. The molecule has 0 aliphatic carbocycles. The number of aromatic amines is 2. The minimum atomic E-state index is 0. The summed E-state index contributed by atoms with van der Waals surface area (Å²) >= 11 is 0. The van der Waals surface area contributed by atoms with Gasteiger partial charge in [-0.1, -0.05) is 9.97 Å². The summed E-state index contributed by atoms with van der Waals surface area (Å²) in [6.07, 6.45) is 11.1. The van der Waals surface area contributed by atoms with Gasteiger partial charge in [-0.05, 0) is 31.7 Å². The number of H-pyrrole nitrogens is 2. The number of nitrogens with one attached hydrogen (secondary N) is 2. The molecule has 0 saturated carbocycles. The molecule has 0 amide bonds. The Labute approximate surface area is 199 Å². The predicted octanol–water partition coefficient (Wildman–Crippen LogP) is -3.79. The lowest BCUT2D eigenvalue weighted by Crippen LogP contribution is -3.00. The zero-order valence-electron chi connectivity index (χ0n) is 17.5. The zero-order chi connectivity index (χ0) is 20.5. The molecule has 4 heterocycles. The molecular weight excluding hydrogens is 451 g/mol. The van der Waals surface area contributed by atoms with Crippen LogP contribution in [0.2, 0.25) is 0 Å². The molecule has 2 saturated heterocycles. The quantitative estimate of drug-likeness (QED) is 0.400. The fourth-order valence-corrected chi connectivity index (χ4v) is 4.78. The fourth-order valence-electron chi connectivity index (χ4n) is 4.78. The fraction of sp³-hybridized carbons (Fsp3) is 0.364. The van der Waals surface area contributed by atoms with Crippen LogP contribution in [0.15, 0.2) is 49.1 Å². The minimum absolute atomic E-state index is 0. The van der Waals surface area contributed by atoms with E-state index in [0.717, 1.165) is 61.8 Å². The summed E-state index contributed by atoms with van der Waals surface area (Å²) in [6, 6.07) is 7.19. The maximum Gasteiger partial charge on any atom is 0.391 e. The van der Waals surface area contributed by atoms with E-state index in [1.165, 1.54) is 6.07 Å². The number of nitrogens with zero attached hydrogens (tertiary/aromatic N) is 4. The van der Waals surface area contributed by atoms with Crippen LogP contribution in [-0.2, 0) is 0 Å². The van der Waals surface area contributed by atoms with Gasteiger partial charge in [-0.15, -0.1) is 0 Å². The standard InChI is InChI=1S/C22H24N6O2.2ClH/c29-19-14-20(30)16(18-6-2-12-28(18)22-25-9-4-10-26-22)13-15(19)17-5-1-11-27(17)21-23-7-3-8-24-21;;/h3-4,7-10,13-14,17-18,29-30H,1-2,5-6,11-12H2;2*1H. The van der Waals surface area contributed by atoms with Gasteiger partial charge in [0.25, 0.3) is 0 Å². The smallest absolute Gasteiger partial charge is 0.391 e. The second-order valence-corrected chi connectivity index (χ2v) is 7.88. The summed E-state index contributed by atoms with van der Waals surface area (Å²) in [5.41, 5.74) is 1.66. The largest absolute Gasteiger partial charge is 1.00 e. The summed E-state index contributed by atoms with van der Waals surface area (Å²) in [5.74, 6) is 1.83. The lowest BCUT2D eigenvalue weighted by atomic mass is 9.95. The zero-order valence-corrected chi connectivity index (χ0v) is 19.0. The molecular formula is C22H26Cl2N6O2. The van der Waals surface area contributed by atoms with Crippen LogP contribution in [-0.4, -0.2) is 33.3 Å². The maximum absolute atomic E-state index is 10.7. The number of rotatable bonds is 4. The molecule has 8 nitrogen and oxygen atoms in total. The van der Waals surface area contributed by atoms with Crippen molar-refractivity contribution in [3.05, 3.63) is 60.2 Å². The van der Waals surface area contributed by atoms with Crippen LogP contribution in [0.1, 0.15) is 48.9 Å². The molecule has 4 N–H and O–H groups in total. The predicted molar refractivity (Wildman–Crippen MR) is 110 cm³/mol. The third-order valence-corrected chi connectivity index (χ3v) is 6.13. The van der Waals surface area contributed by atoms with Gasteiger partial charge in [0.15, 0.2) is 0 Å². The number of aromatic nitrogens is 4. The Balaban J connectivity index is 0.00000144. The molecule has 3 aromatic rings. The molecule has 5 rings (SSSR count). The van der Waals surface area contributed by atoms with Crippen LogP contribution < -0.4 is 44.6 Å². The van der Waals surface area contributed by atoms with Gasteiger partial charge in [-0.25, -0.2) is 9.97 Å². The molecule has 2 fully saturated rings. The molecule has 1 aromatic carbocycles. The highest BCUT2D eigenvalue weighted by atomic mass is 35.5. The molecule has 2 unspecified atom stereocenters. The number of phenolic OH excluding ortho intramolecular Hbond substituents is 2. The lowest BCUT2D eigenvalue weighted by Gasteiger charge is -2.24. The highest BCUT2D eigenvalue weighted by Crippen LogP contribution is 2.44. The summed E-state index contributed by atoms with van der Waals surface area (Å²) in [6.45, 7) is 1.73. The first-order valence-electron chi connectivity index (χ1n) is 10.5. The van der Waals surface area contributed by atoms with Gasteiger partial charge in [-0.2, -0.15) is 0 Å². The Morgan fingerprint density at radius 1 is 0.750 bits per heavy atom. The van der Waals surface area contributed by atoms with Crippen LogP contribution in [0, 0.1) is 0 Å². The van der Waals surface area contributed by atoms with Crippen LogP contribution in [0.5, 0.6) is 11.5 Å². The highest BCUT2D eigenvalue weighted by molar-refractivity contribution is 5.52. The van der Waals surface area contributed by atoms with E-state index in [-0.39, 0.29) is 48.4 Å². The maximum atomic E-state index is 10.7. The van der Waals surface area contributed by atoms with E-state index in [2.05, 4.69) is 29.7 Å². The summed E-state index contributed by atoms with van der Waals surface area (Å²) in [5, 5.41) is 21.4. The van der Waals surface area contributed by atoms with Crippen molar-refractivity contribution >= 4 is 11.9 Å². The van der Waals surface area contributed by atoms with Crippen LogP contribution in [0.3, 0.4) is 0 Å². The van der Waals surface area contributed by atoms with E-state index in [9.17, 15) is 10.2 Å². The summed E-state index contributed by atoms with van der Waals surface area (Å²) < 4.78 is 0. The van der Waals surface area contributed by atoms with Crippen LogP contribution >= 0.6 is 0 Å². The average Bonchev–Trinajstić information content (AvgIpc) is 3.45. The van der Waals surface area contributed by atoms with Gasteiger partial charge in [0.05, 0.1) is 25.5 Å². The Morgan fingerprint density at radius 3 is 1.62 bits per heavy atom. The first-order valence-corrected chi connectivity index (χ1v) is 10.5. The van der Waals surface area contributed by atoms with Crippen molar-refractivity contribution in [2.45, 2.75) is 37.8 Å². The van der Waals surface area contributed by atoms with E-state index in [4.69, 9.17) is 0 Å². The van der Waals surface area contributed by atoms with Crippen molar-refractivity contribution in [3.63, 3.8) is 0 Å². The van der Waals surface area contributed by atoms with E-state index in [1.807, 2.05) is 30.6 Å². The molecule has 32 heavy (non-hydrogen) atoms. The highest BCUT2D eigenvalue weighted by Gasteiger charge is 2.39. The van der Waals surface area contributed by atoms with E-state index < -0.39 is 0 Å². The lowest BCUT2D eigenvalue weighted by molar-refractivity contribution is -0.369. The Bertz CT molecular complexity index is 949. The van der Waals surface area contributed by atoms with Crippen molar-refractivity contribution in [3.8, 4) is 11.5 Å². The molecule has 2 aliphatic heterocycles. The third-order valence-electron chi connectivity index (χ3n) is 6.13. The summed E-state index contributed by atoms with van der Waals surface area (Å²) in [7, 11) is 0. The molecule has 0 bridgehead atoms. The van der Waals surface area contributed by atoms with Gasteiger partial charge < -0.3 is 35.0 Å². The molecule has 0 radical (unpaired) electrons. The topological polar surface area (TPSA) is 101 Å². The molecule has 2 atom stereocenters. The Kier molecular flexibility index (Phi) is 7.58. The van der Waals surface area contributed by atoms with Crippen molar-refractivity contribution in [2.24, 2.45) is 0 Å². The molecule has 170 valence electrons. The Morgan fingerprint density at radius 2 is 1.22 bits per heavy atom. The van der Waals surface area contributed by atoms with Crippen molar-refractivity contribution in [1.82, 2.24) is 9.97 Å². The monoisotopic (exact) mass is 476 g/mol. The van der Waals surface area contributed by atoms with Gasteiger partial charge in [0.2, 0.25) is 0 Å². The number of hydrogen-bond donors (Lipinski definition) is 2. The third kappa shape index (κ3) is 4.38. The second kappa shape index (κ2) is 10.2. The first-order chi connectivity index (χ1) is 14.7. The minimum Gasteiger partial charge on any atom is -1.00 e. The van der Waals surface area contributed by atoms with Crippen LogP contribution in [0.25, 0.3) is 0 Å². The van der Waals surface area contributed by atoms with Gasteiger partial charge in [0, 0.05) is 29.3 Å². The van der Waals surface area contributed by atoms with E-state index in [1.54, 1.807) is 12.4 Å². The molecule has 0 spiro atoms. The van der Waals surface area contributed by atoms with Gasteiger partial charge in [-0.3, -0.25) is 9.80 Å². The average molecular weight is 477 g/mol. The number of hydrogen-bond acceptors (Lipinski definition) is 6. The number of phenols is 2. The number of halogens is 2. The van der Waals surface area contributed by atoms with Crippen molar-refractivity contribution < 1.29 is 45.0 Å². The number of benzene rings is 1. The molecule has 2 aromatic heterocycles. The summed E-state index contributed by atoms with van der Waals surface area (Å²) in [4.78, 5) is 19.7. The van der Waals surface area contributed by atoms with Crippen molar-refractivity contribution in [1.29, 1.82) is 0 Å². The number of aromatic hydroxyl groups is 2. The second-order valence-electron chi connectivity index (χ2n) is 7.88. The van der Waals surface area contributed by atoms with E-state index >= 15 is 0 Å². The van der Waals surface area contributed by atoms with Crippen molar-refractivity contribution in [2.75, 3.05) is 22.9 Å².